The van der Waals surface area contributed by atoms with E-state index in [2.05, 4.69) is 10.6 Å². The molecule has 0 aliphatic heterocycles. The third kappa shape index (κ3) is 3.75. The third-order valence-corrected chi connectivity index (χ3v) is 4.77. The van der Waals surface area contributed by atoms with Gasteiger partial charge in [-0.15, -0.1) is 0 Å². The van der Waals surface area contributed by atoms with Crippen LogP contribution in [-0.4, -0.2) is 31.9 Å². The van der Waals surface area contributed by atoms with Crippen molar-refractivity contribution in [1.29, 1.82) is 0 Å². The van der Waals surface area contributed by atoms with Crippen molar-refractivity contribution in [2.45, 2.75) is 25.0 Å². The molecule has 0 bridgehead atoms. The number of urea groups is 1. The van der Waals surface area contributed by atoms with Gasteiger partial charge in [0.2, 0.25) is 0 Å². The summed E-state index contributed by atoms with van der Waals surface area (Å²) in [4.78, 5) is 12.1. The first kappa shape index (κ1) is 18.1. The van der Waals surface area contributed by atoms with Crippen molar-refractivity contribution in [2.75, 3.05) is 20.8 Å². The van der Waals surface area contributed by atoms with E-state index < -0.39 is 5.60 Å². The van der Waals surface area contributed by atoms with E-state index in [0.717, 1.165) is 23.1 Å². The lowest BCUT2D eigenvalue weighted by Gasteiger charge is -2.24. The van der Waals surface area contributed by atoms with Crippen LogP contribution < -0.4 is 20.1 Å². The first-order chi connectivity index (χ1) is 12.6. The molecule has 3 N–H and O–H groups in total. The van der Waals surface area contributed by atoms with E-state index >= 15 is 0 Å². The van der Waals surface area contributed by atoms with Crippen LogP contribution in [0.4, 0.5) is 4.79 Å². The Labute approximate surface area is 153 Å². The summed E-state index contributed by atoms with van der Waals surface area (Å²) in [6.07, 6.45) is 1.43. The predicted octanol–water partition coefficient (Wildman–Crippen LogP) is 2.34. The Hall–Kier alpha value is -2.73. The Morgan fingerprint density at radius 1 is 1.12 bits per heavy atom. The number of rotatable bonds is 6. The second-order valence-corrected chi connectivity index (χ2v) is 6.41. The Balaban J connectivity index is 1.54. The first-order valence-electron chi connectivity index (χ1n) is 8.59. The number of aliphatic hydroxyl groups is 1. The number of aryl methyl sites for hydroxylation is 1. The summed E-state index contributed by atoms with van der Waals surface area (Å²) in [6.45, 7) is 0.531. The second kappa shape index (κ2) is 7.66. The van der Waals surface area contributed by atoms with Crippen LogP contribution >= 0.6 is 0 Å². The molecule has 0 radical (unpaired) electrons. The molecule has 0 aromatic heterocycles. The summed E-state index contributed by atoms with van der Waals surface area (Å²) < 4.78 is 10.5. The molecule has 6 nitrogen and oxygen atoms in total. The van der Waals surface area contributed by atoms with E-state index in [1.807, 2.05) is 36.4 Å². The molecule has 1 atom stereocenters. The SMILES string of the molecule is COc1ccc(CNC(=O)NC[C@]2(O)CCc3ccccc32)cc1OC. The van der Waals surface area contributed by atoms with Gasteiger partial charge in [0.1, 0.15) is 5.60 Å². The molecule has 0 unspecified atom stereocenters. The highest BCUT2D eigenvalue weighted by Gasteiger charge is 2.36. The summed E-state index contributed by atoms with van der Waals surface area (Å²) in [7, 11) is 3.15. The lowest BCUT2D eigenvalue weighted by atomic mass is 9.96. The van der Waals surface area contributed by atoms with Gasteiger partial charge in [0.15, 0.2) is 11.5 Å². The van der Waals surface area contributed by atoms with E-state index in [1.54, 1.807) is 20.3 Å². The van der Waals surface area contributed by atoms with Crippen LogP contribution in [0.15, 0.2) is 42.5 Å². The maximum absolute atomic E-state index is 12.1. The van der Waals surface area contributed by atoms with Crippen LogP contribution in [0.25, 0.3) is 0 Å². The van der Waals surface area contributed by atoms with Gasteiger partial charge in [-0.25, -0.2) is 4.79 Å². The maximum atomic E-state index is 12.1. The fraction of sp³-hybridized carbons (Fsp3) is 0.350. The van der Waals surface area contributed by atoms with Crippen LogP contribution in [0.2, 0.25) is 0 Å². The van der Waals surface area contributed by atoms with Crippen molar-refractivity contribution < 1.29 is 19.4 Å². The Kier molecular flexibility index (Phi) is 5.32. The number of hydrogen-bond donors (Lipinski definition) is 3. The minimum absolute atomic E-state index is 0.182. The van der Waals surface area contributed by atoms with Crippen molar-refractivity contribution >= 4 is 6.03 Å². The Morgan fingerprint density at radius 2 is 1.88 bits per heavy atom. The maximum Gasteiger partial charge on any atom is 0.315 e. The van der Waals surface area contributed by atoms with E-state index in [9.17, 15) is 9.90 Å². The lowest BCUT2D eigenvalue weighted by molar-refractivity contribution is 0.0412. The van der Waals surface area contributed by atoms with Gasteiger partial charge in [-0.05, 0) is 41.7 Å². The van der Waals surface area contributed by atoms with E-state index in [4.69, 9.17) is 9.47 Å². The van der Waals surface area contributed by atoms with Crippen molar-refractivity contribution in [3.8, 4) is 11.5 Å². The van der Waals surface area contributed by atoms with Crippen molar-refractivity contribution in [1.82, 2.24) is 10.6 Å². The minimum Gasteiger partial charge on any atom is -0.493 e. The Bertz CT molecular complexity index is 793. The quantitative estimate of drug-likeness (QED) is 0.742. The summed E-state index contributed by atoms with van der Waals surface area (Å²) in [5.74, 6) is 1.26. The summed E-state index contributed by atoms with van der Waals surface area (Å²) >= 11 is 0. The molecular weight excluding hydrogens is 332 g/mol. The summed E-state index contributed by atoms with van der Waals surface area (Å²) in [5.41, 5.74) is 1.93. The van der Waals surface area contributed by atoms with Crippen LogP contribution in [0, 0.1) is 0 Å². The van der Waals surface area contributed by atoms with Gasteiger partial charge in [0.25, 0.3) is 0 Å². The number of ether oxygens (including phenoxy) is 2. The van der Waals surface area contributed by atoms with Gasteiger partial charge in [-0.1, -0.05) is 30.3 Å². The molecule has 0 heterocycles. The van der Waals surface area contributed by atoms with Crippen LogP contribution in [-0.2, 0) is 18.6 Å². The van der Waals surface area contributed by atoms with Crippen molar-refractivity contribution in [3.63, 3.8) is 0 Å². The van der Waals surface area contributed by atoms with E-state index in [1.165, 1.54) is 0 Å². The second-order valence-electron chi connectivity index (χ2n) is 6.41. The molecule has 0 spiro atoms. The number of methoxy groups -OCH3 is 2. The molecule has 26 heavy (non-hydrogen) atoms. The molecule has 2 aromatic rings. The van der Waals surface area contributed by atoms with E-state index in [0.29, 0.717) is 24.5 Å². The van der Waals surface area contributed by atoms with Crippen molar-refractivity contribution in [3.05, 3.63) is 59.2 Å². The zero-order valence-electron chi connectivity index (χ0n) is 15.0. The molecule has 6 heteroatoms. The predicted molar refractivity (Wildman–Crippen MR) is 98.4 cm³/mol. The van der Waals surface area contributed by atoms with Gasteiger partial charge in [0.05, 0.1) is 20.8 Å². The molecule has 0 fully saturated rings. The number of hydrogen-bond acceptors (Lipinski definition) is 4. The van der Waals surface area contributed by atoms with Crippen molar-refractivity contribution in [2.24, 2.45) is 0 Å². The number of nitrogens with one attached hydrogen (secondary N) is 2. The Morgan fingerprint density at radius 3 is 2.65 bits per heavy atom. The first-order valence-corrected chi connectivity index (χ1v) is 8.59. The third-order valence-electron chi connectivity index (χ3n) is 4.77. The molecule has 2 amide bonds. The topological polar surface area (TPSA) is 79.8 Å². The van der Waals surface area contributed by atoms with Gasteiger partial charge < -0.3 is 25.2 Å². The number of benzene rings is 2. The molecule has 1 aliphatic rings. The minimum atomic E-state index is -1.00. The van der Waals surface area contributed by atoms with Gasteiger partial charge >= 0.3 is 6.03 Å². The zero-order valence-corrected chi connectivity index (χ0v) is 15.0. The van der Waals surface area contributed by atoms with Crippen LogP contribution in [0.3, 0.4) is 0 Å². The number of amides is 2. The van der Waals surface area contributed by atoms with Gasteiger partial charge in [0, 0.05) is 6.54 Å². The highest BCUT2D eigenvalue weighted by molar-refractivity contribution is 5.74. The lowest BCUT2D eigenvalue weighted by Crippen LogP contribution is -2.43. The zero-order chi connectivity index (χ0) is 18.6. The van der Waals surface area contributed by atoms with Gasteiger partial charge in [-0.3, -0.25) is 0 Å². The van der Waals surface area contributed by atoms with E-state index in [-0.39, 0.29) is 12.6 Å². The molecular formula is C20H24N2O4. The fourth-order valence-electron chi connectivity index (χ4n) is 3.31. The average Bonchev–Trinajstić information content (AvgIpc) is 3.02. The summed E-state index contributed by atoms with van der Waals surface area (Å²) in [6, 6.07) is 13.0. The monoisotopic (exact) mass is 356 g/mol. The standard InChI is InChI=1S/C20H24N2O4/c1-25-17-8-7-14(11-18(17)26-2)12-21-19(23)22-13-20(24)10-9-15-5-3-4-6-16(15)20/h3-8,11,24H,9-10,12-13H2,1-2H3,(H2,21,22,23)/t20-/m1/s1. The largest absolute Gasteiger partial charge is 0.493 e. The number of fused-ring (bicyclic) bond motifs is 1. The molecule has 138 valence electrons. The van der Waals surface area contributed by atoms with Crippen LogP contribution in [0.5, 0.6) is 11.5 Å². The highest BCUT2D eigenvalue weighted by Crippen LogP contribution is 2.36. The molecule has 0 saturated heterocycles. The molecule has 1 aliphatic carbocycles. The summed E-state index contributed by atoms with van der Waals surface area (Å²) in [5, 5.41) is 16.4. The van der Waals surface area contributed by atoms with Gasteiger partial charge in [-0.2, -0.15) is 0 Å². The smallest absolute Gasteiger partial charge is 0.315 e. The molecule has 2 aromatic carbocycles. The van der Waals surface area contributed by atoms with Crippen LogP contribution in [0.1, 0.15) is 23.1 Å². The number of carbonyl (C=O) groups is 1. The molecule has 3 rings (SSSR count). The average molecular weight is 356 g/mol. The highest BCUT2D eigenvalue weighted by atomic mass is 16.5. The number of carbonyl (C=O) groups excluding carboxylic acids is 1. The molecule has 0 saturated carbocycles. The normalized spacial score (nSPS) is 18.1. The fourth-order valence-corrected chi connectivity index (χ4v) is 3.31.